The van der Waals surface area contributed by atoms with Gasteiger partial charge in [-0.05, 0) is 30.9 Å². The maximum atomic E-state index is 14.9. The number of amides is 2. The molecule has 0 fully saturated rings. The Morgan fingerprint density at radius 2 is 1.72 bits per heavy atom. The van der Waals surface area contributed by atoms with E-state index in [1.54, 1.807) is 24.1 Å². The number of hydrogen-bond acceptors (Lipinski definition) is 1. The van der Waals surface area contributed by atoms with Gasteiger partial charge in [-0.1, -0.05) is 62.4 Å². The van der Waals surface area contributed by atoms with Gasteiger partial charge in [0.1, 0.15) is 5.82 Å². The lowest BCUT2D eigenvalue weighted by molar-refractivity contribution is 0.138. The van der Waals surface area contributed by atoms with Crippen molar-refractivity contribution in [2.24, 2.45) is 5.92 Å². The normalized spacial score (nSPS) is 13.4. The van der Waals surface area contributed by atoms with Crippen molar-refractivity contribution in [2.75, 3.05) is 13.6 Å². The van der Waals surface area contributed by atoms with Crippen LogP contribution in [0, 0.1) is 11.7 Å². The van der Waals surface area contributed by atoms with E-state index in [1.807, 2.05) is 43.3 Å². The Morgan fingerprint density at radius 1 is 1.12 bits per heavy atom. The van der Waals surface area contributed by atoms with Crippen molar-refractivity contribution in [3.05, 3.63) is 71.5 Å². The van der Waals surface area contributed by atoms with E-state index in [1.165, 1.54) is 6.07 Å². The Morgan fingerprint density at radius 3 is 2.28 bits per heavy atom. The van der Waals surface area contributed by atoms with Crippen molar-refractivity contribution in [2.45, 2.75) is 32.7 Å². The monoisotopic (exact) mass is 342 g/mol. The number of carbonyl (C=O) groups is 1. The zero-order valence-electron chi connectivity index (χ0n) is 15.4. The van der Waals surface area contributed by atoms with E-state index < -0.39 is 5.54 Å². The highest BCUT2D eigenvalue weighted by Crippen LogP contribution is 2.41. The van der Waals surface area contributed by atoms with Crippen molar-refractivity contribution in [1.82, 2.24) is 10.2 Å². The third-order valence-corrected chi connectivity index (χ3v) is 4.48. The van der Waals surface area contributed by atoms with Crippen LogP contribution < -0.4 is 5.32 Å². The van der Waals surface area contributed by atoms with Crippen LogP contribution in [0.15, 0.2) is 54.6 Å². The highest BCUT2D eigenvalue weighted by Gasteiger charge is 2.43. The minimum Gasteiger partial charge on any atom is -0.338 e. The van der Waals surface area contributed by atoms with Crippen molar-refractivity contribution in [3.8, 4) is 0 Å². The maximum absolute atomic E-state index is 14.9. The molecule has 2 aromatic rings. The summed E-state index contributed by atoms with van der Waals surface area (Å²) in [5, 5.41) is 2.85. The van der Waals surface area contributed by atoms with E-state index in [9.17, 15) is 9.18 Å². The van der Waals surface area contributed by atoms with Gasteiger partial charge in [0.05, 0.1) is 5.54 Å². The molecule has 0 saturated heterocycles. The molecule has 1 N–H and O–H groups in total. The number of benzene rings is 2. The smallest absolute Gasteiger partial charge is 0.318 e. The molecule has 4 heteroatoms. The molecule has 2 amide bonds. The van der Waals surface area contributed by atoms with Gasteiger partial charge < -0.3 is 10.2 Å². The van der Waals surface area contributed by atoms with Gasteiger partial charge >= 0.3 is 6.03 Å². The molecule has 2 rings (SSSR count). The van der Waals surface area contributed by atoms with Crippen LogP contribution in [0.1, 0.15) is 38.3 Å². The molecule has 0 spiro atoms. The van der Waals surface area contributed by atoms with Crippen LogP contribution >= 0.6 is 0 Å². The summed E-state index contributed by atoms with van der Waals surface area (Å²) in [6, 6.07) is 16.2. The molecular weight excluding hydrogens is 315 g/mol. The minimum absolute atomic E-state index is 0.213. The molecule has 0 unspecified atom stereocenters. The molecule has 25 heavy (non-hydrogen) atoms. The van der Waals surface area contributed by atoms with Crippen molar-refractivity contribution in [1.29, 1.82) is 0 Å². The second kappa shape index (κ2) is 8.15. The molecule has 0 aliphatic heterocycles. The third kappa shape index (κ3) is 3.84. The van der Waals surface area contributed by atoms with Crippen LogP contribution in [0.5, 0.6) is 0 Å². The molecule has 0 heterocycles. The summed E-state index contributed by atoms with van der Waals surface area (Å²) in [5.41, 5.74) is 0.547. The van der Waals surface area contributed by atoms with E-state index in [0.29, 0.717) is 18.5 Å². The van der Waals surface area contributed by atoms with Crippen LogP contribution in [0.25, 0.3) is 0 Å². The van der Waals surface area contributed by atoms with Crippen LogP contribution in [0.4, 0.5) is 9.18 Å². The fourth-order valence-corrected chi connectivity index (χ4v) is 3.44. The number of carbonyl (C=O) groups excluding carboxylic acids is 1. The Kier molecular flexibility index (Phi) is 6.18. The highest BCUT2D eigenvalue weighted by atomic mass is 19.1. The van der Waals surface area contributed by atoms with E-state index in [-0.39, 0.29) is 17.8 Å². The molecule has 0 radical (unpaired) electrons. The second-order valence-electron chi connectivity index (χ2n) is 6.70. The Hall–Kier alpha value is -2.36. The summed E-state index contributed by atoms with van der Waals surface area (Å²) in [7, 11) is 1.74. The van der Waals surface area contributed by atoms with Gasteiger partial charge in [0.25, 0.3) is 0 Å². The molecule has 0 bridgehead atoms. The first kappa shape index (κ1) is 19.0. The van der Waals surface area contributed by atoms with Crippen LogP contribution in [0.2, 0.25) is 0 Å². The average Bonchev–Trinajstić information content (AvgIpc) is 2.60. The highest BCUT2D eigenvalue weighted by molar-refractivity contribution is 5.76. The molecule has 0 aliphatic carbocycles. The standard InChI is InChI=1S/C21H27FN2O/c1-5-23-20(25)24(4)21(15-16(2)3,17-11-7-6-8-12-17)18-13-9-10-14-19(18)22/h6-14,16H,5,15H2,1-4H3,(H,23,25)/t21-/m1/s1. The first-order valence-electron chi connectivity index (χ1n) is 8.75. The lowest BCUT2D eigenvalue weighted by Gasteiger charge is -2.44. The SMILES string of the molecule is CCNC(=O)N(C)[C@](CC(C)C)(c1ccccc1)c1ccccc1F. The predicted octanol–water partition coefficient (Wildman–Crippen LogP) is 4.78. The summed E-state index contributed by atoms with van der Waals surface area (Å²) >= 11 is 0. The topological polar surface area (TPSA) is 32.3 Å². The average molecular weight is 342 g/mol. The van der Waals surface area contributed by atoms with Gasteiger partial charge in [0, 0.05) is 19.2 Å². The number of urea groups is 1. The van der Waals surface area contributed by atoms with Crippen LogP contribution in [0.3, 0.4) is 0 Å². The quantitative estimate of drug-likeness (QED) is 0.805. The Balaban J connectivity index is 2.74. The summed E-state index contributed by atoms with van der Waals surface area (Å²) in [6.45, 7) is 6.57. The molecular formula is C21H27FN2O. The van der Waals surface area contributed by atoms with Gasteiger partial charge in [-0.3, -0.25) is 0 Å². The minimum atomic E-state index is -0.875. The predicted molar refractivity (Wildman–Crippen MR) is 99.9 cm³/mol. The maximum Gasteiger partial charge on any atom is 0.318 e. The van der Waals surface area contributed by atoms with E-state index in [4.69, 9.17) is 0 Å². The first-order valence-corrected chi connectivity index (χ1v) is 8.75. The van der Waals surface area contributed by atoms with Gasteiger partial charge in [0.2, 0.25) is 0 Å². The summed E-state index contributed by atoms with van der Waals surface area (Å²) in [6.07, 6.45) is 0.617. The number of halogens is 1. The molecule has 1 atom stereocenters. The van der Waals surface area contributed by atoms with E-state index in [2.05, 4.69) is 19.2 Å². The zero-order chi connectivity index (χ0) is 18.4. The van der Waals surface area contributed by atoms with E-state index >= 15 is 0 Å². The molecule has 3 nitrogen and oxygen atoms in total. The van der Waals surface area contributed by atoms with Gasteiger partial charge in [-0.2, -0.15) is 0 Å². The molecule has 2 aromatic carbocycles. The number of rotatable bonds is 6. The molecule has 0 saturated carbocycles. The first-order chi connectivity index (χ1) is 11.9. The summed E-state index contributed by atoms with van der Waals surface area (Å²) in [4.78, 5) is 14.4. The Bertz CT molecular complexity index is 702. The van der Waals surface area contributed by atoms with Gasteiger partial charge in [-0.25, -0.2) is 9.18 Å². The Labute approximate surface area is 149 Å². The largest absolute Gasteiger partial charge is 0.338 e. The number of nitrogens with one attached hydrogen (secondary N) is 1. The third-order valence-electron chi connectivity index (χ3n) is 4.48. The fourth-order valence-electron chi connectivity index (χ4n) is 3.44. The molecule has 0 aliphatic rings. The number of nitrogens with zero attached hydrogens (tertiary/aromatic N) is 1. The second-order valence-corrected chi connectivity index (χ2v) is 6.70. The molecule has 0 aromatic heterocycles. The lowest BCUT2D eigenvalue weighted by atomic mass is 9.75. The fraction of sp³-hybridized carbons (Fsp3) is 0.381. The van der Waals surface area contributed by atoms with Crippen molar-refractivity contribution < 1.29 is 9.18 Å². The van der Waals surface area contributed by atoms with Crippen LogP contribution in [-0.4, -0.2) is 24.5 Å². The number of hydrogen-bond donors (Lipinski definition) is 1. The van der Waals surface area contributed by atoms with Gasteiger partial charge in [0.15, 0.2) is 0 Å². The van der Waals surface area contributed by atoms with Crippen LogP contribution in [-0.2, 0) is 5.54 Å². The summed E-state index contributed by atoms with van der Waals surface area (Å²) < 4.78 is 14.9. The lowest BCUT2D eigenvalue weighted by Crippen LogP contribution is -2.52. The summed E-state index contributed by atoms with van der Waals surface area (Å²) in [5.74, 6) is -0.0418. The van der Waals surface area contributed by atoms with Crippen molar-refractivity contribution >= 4 is 6.03 Å². The van der Waals surface area contributed by atoms with Crippen molar-refractivity contribution in [3.63, 3.8) is 0 Å². The molecule has 134 valence electrons. The zero-order valence-corrected chi connectivity index (χ0v) is 15.4. The van der Waals surface area contributed by atoms with Gasteiger partial charge in [-0.15, -0.1) is 0 Å². The van der Waals surface area contributed by atoms with E-state index in [0.717, 1.165) is 5.56 Å².